The summed E-state index contributed by atoms with van der Waals surface area (Å²) < 4.78 is 0. The summed E-state index contributed by atoms with van der Waals surface area (Å²) in [5, 5.41) is 3.79. The second-order valence-corrected chi connectivity index (χ2v) is 12.3. The Kier molecular flexibility index (Phi) is 5.37. The SMILES string of the molecule is Cc1cccc2c1-c1ccc(Nc3cccc(C4(c5ccccc5)c5ccccc5-c5ccccc54)c3)cc1C2(C)C. The van der Waals surface area contributed by atoms with Crippen LogP contribution < -0.4 is 5.32 Å². The molecule has 0 atom stereocenters. The molecule has 202 valence electrons. The first-order valence-electron chi connectivity index (χ1n) is 14.9. The van der Waals surface area contributed by atoms with Gasteiger partial charge in [-0.2, -0.15) is 0 Å². The number of benzene rings is 6. The van der Waals surface area contributed by atoms with Gasteiger partial charge < -0.3 is 5.32 Å². The van der Waals surface area contributed by atoms with Gasteiger partial charge in [0.2, 0.25) is 0 Å². The zero-order valence-corrected chi connectivity index (χ0v) is 24.3. The predicted molar refractivity (Wildman–Crippen MR) is 176 cm³/mol. The highest BCUT2D eigenvalue weighted by Crippen LogP contribution is 2.56. The largest absolute Gasteiger partial charge is 0.356 e. The molecule has 42 heavy (non-hydrogen) atoms. The van der Waals surface area contributed by atoms with Crippen molar-refractivity contribution < 1.29 is 0 Å². The Morgan fingerprint density at radius 3 is 1.79 bits per heavy atom. The van der Waals surface area contributed by atoms with Crippen molar-refractivity contribution in [2.24, 2.45) is 0 Å². The van der Waals surface area contributed by atoms with E-state index in [9.17, 15) is 0 Å². The van der Waals surface area contributed by atoms with Gasteiger partial charge in [0.25, 0.3) is 0 Å². The highest BCUT2D eigenvalue weighted by Gasteiger charge is 2.46. The molecule has 6 aromatic rings. The van der Waals surface area contributed by atoms with Crippen LogP contribution >= 0.6 is 0 Å². The van der Waals surface area contributed by atoms with E-state index in [0.29, 0.717) is 0 Å². The van der Waals surface area contributed by atoms with Crippen LogP contribution in [0.5, 0.6) is 0 Å². The average Bonchev–Trinajstić information content (AvgIpc) is 3.45. The normalized spacial score (nSPS) is 14.9. The van der Waals surface area contributed by atoms with E-state index >= 15 is 0 Å². The van der Waals surface area contributed by atoms with Gasteiger partial charge in [0, 0.05) is 16.8 Å². The van der Waals surface area contributed by atoms with Crippen molar-refractivity contribution in [3.05, 3.63) is 178 Å². The van der Waals surface area contributed by atoms with Crippen LogP contribution in [0, 0.1) is 6.92 Å². The summed E-state index contributed by atoms with van der Waals surface area (Å²) >= 11 is 0. The average molecular weight is 540 g/mol. The van der Waals surface area contributed by atoms with Gasteiger partial charge in [-0.3, -0.25) is 0 Å². The summed E-state index contributed by atoms with van der Waals surface area (Å²) in [4.78, 5) is 0. The second-order valence-electron chi connectivity index (χ2n) is 12.3. The first-order chi connectivity index (χ1) is 20.5. The quantitative estimate of drug-likeness (QED) is 0.235. The zero-order valence-electron chi connectivity index (χ0n) is 24.3. The van der Waals surface area contributed by atoms with Crippen LogP contribution in [0.4, 0.5) is 11.4 Å². The number of hydrogen-bond acceptors (Lipinski definition) is 1. The summed E-state index contributed by atoms with van der Waals surface area (Å²) in [7, 11) is 0. The summed E-state index contributed by atoms with van der Waals surface area (Å²) in [5.41, 5.74) is 16.5. The molecule has 0 saturated carbocycles. The molecule has 0 unspecified atom stereocenters. The fourth-order valence-corrected chi connectivity index (χ4v) is 7.76. The molecule has 1 nitrogen and oxygen atoms in total. The van der Waals surface area contributed by atoms with Crippen LogP contribution in [0.15, 0.2) is 140 Å². The Labute approximate surface area is 248 Å². The first kappa shape index (κ1) is 24.9. The molecule has 1 N–H and O–H groups in total. The van der Waals surface area contributed by atoms with Crippen LogP contribution in [0.1, 0.15) is 52.8 Å². The van der Waals surface area contributed by atoms with Crippen molar-refractivity contribution in [1.29, 1.82) is 0 Å². The molecule has 0 aromatic heterocycles. The van der Waals surface area contributed by atoms with Crippen molar-refractivity contribution in [3.63, 3.8) is 0 Å². The molecule has 6 aromatic carbocycles. The molecule has 2 aliphatic carbocycles. The summed E-state index contributed by atoms with van der Waals surface area (Å²) in [6.07, 6.45) is 0. The van der Waals surface area contributed by atoms with E-state index in [2.05, 4.69) is 166 Å². The van der Waals surface area contributed by atoms with Crippen LogP contribution in [0.2, 0.25) is 0 Å². The number of nitrogens with one attached hydrogen (secondary N) is 1. The second kappa shape index (κ2) is 9.06. The van der Waals surface area contributed by atoms with Gasteiger partial charge >= 0.3 is 0 Å². The fraction of sp³-hybridized carbons (Fsp3) is 0.122. The minimum Gasteiger partial charge on any atom is -0.356 e. The maximum absolute atomic E-state index is 3.79. The third-order valence-corrected chi connectivity index (χ3v) is 9.65. The number of hydrogen-bond donors (Lipinski definition) is 1. The van der Waals surface area contributed by atoms with E-state index in [-0.39, 0.29) is 5.41 Å². The maximum Gasteiger partial charge on any atom is 0.0714 e. The summed E-state index contributed by atoms with van der Waals surface area (Å²) in [6, 6.07) is 51.4. The Bertz CT molecular complexity index is 1950. The third-order valence-electron chi connectivity index (χ3n) is 9.65. The lowest BCUT2D eigenvalue weighted by molar-refractivity contribution is 0.660. The molecule has 2 aliphatic rings. The Morgan fingerprint density at radius 1 is 0.452 bits per heavy atom. The molecule has 8 rings (SSSR count). The van der Waals surface area contributed by atoms with E-state index in [1.165, 1.54) is 61.2 Å². The highest BCUT2D eigenvalue weighted by molar-refractivity contribution is 5.87. The lowest BCUT2D eigenvalue weighted by atomic mass is 9.67. The van der Waals surface area contributed by atoms with Gasteiger partial charge in [0.15, 0.2) is 0 Å². The van der Waals surface area contributed by atoms with Crippen LogP contribution in [0.3, 0.4) is 0 Å². The number of fused-ring (bicyclic) bond motifs is 6. The van der Waals surface area contributed by atoms with E-state index in [0.717, 1.165) is 11.4 Å². The van der Waals surface area contributed by atoms with E-state index < -0.39 is 5.41 Å². The zero-order chi connectivity index (χ0) is 28.5. The summed E-state index contributed by atoms with van der Waals surface area (Å²) in [6.45, 7) is 6.92. The van der Waals surface area contributed by atoms with Crippen LogP contribution in [0.25, 0.3) is 22.3 Å². The third kappa shape index (κ3) is 3.37. The van der Waals surface area contributed by atoms with Crippen LogP contribution in [-0.2, 0) is 10.8 Å². The molecule has 0 heterocycles. The Balaban J connectivity index is 1.27. The molecule has 0 saturated heterocycles. The van der Waals surface area contributed by atoms with Crippen molar-refractivity contribution in [3.8, 4) is 22.3 Å². The van der Waals surface area contributed by atoms with Gasteiger partial charge in [-0.1, -0.05) is 129 Å². The molecule has 0 amide bonds. The topological polar surface area (TPSA) is 12.0 Å². The van der Waals surface area contributed by atoms with E-state index in [1.54, 1.807) is 0 Å². The molecule has 0 bridgehead atoms. The molecule has 1 heteroatoms. The number of rotatable bonds is 4. The lowest BCUT2D eigenvalue weighted by Crippen LogP contribution is -2.28. The fourth-order valence-electron chi connectivity index (χ4n) is 7.76. The lowest BCUT2D eigenvalue weighted by Gasteiger charge is -2.34. The Hall–Kier alpha value is -4.88. The van der Waals surface area contributed by atoms with Crippen molar-refractivity contribution in [2.75, 3.05) is 5.32 Å². The minimum absolute atomic E-state index is 0.0368. The van der Waals surface area contributed by atoms with Gasteiger partial charge in [0.1, 0.15) is 0 Å². The highest BCUT2D eigenvalue weighted by atomic mass is 14.9. The van der Waals surface area contributed by atoms with Gasteiger partial charge in [-0.25, -0.2) is 0 Å². The molecular weight excluding hydrogens is 506 g/mol. The molecule has 0 spiro atoms. The molecule has 0 radical (unpaired) electrons. The molecule has 0 fully saturated rings. The summed E-state index contributed by atoms with van der Waals surface area (Å²) in [5.74, 6) is 0. The van der Waals surface area contributed by atoms with Crippen molar-refractivity contribution in [1.82, 2.24) is 0 Å². The van der Waals surface area contributed by atoms with Gasteiger partial charge in [0.05, 0.1) is 5.41 Å². The van der Waals surface area contributed by atoms with Crippen LogP contribution in [-0.4, -0.2) is 0 Å². The Morgan fingerprint density at radius 2 is 1.05 bits per heavy atom. The predicted octanol–water partition coefficient (Wildman–Crippen LogP) is 10.4. The first-order valence-corrected chi connectivity index (χ1v) is 14.9. The molecular formula is C41H33N. The minimum atomic E-state index is -0.398. The van der Waals surface area contributed by atoms with Crippen molar-refractivity contribution in [2.45, 2.75) is 31.6 Å². The monoisotopic (exact) mass is 539 g/mol. The van der Waals surface area contributed by atoms with Crippen molar-refractivity contribution >= 4 is 11.4 Å². The molecule has 0 aliphatic heterocycles. The van der Waals surface area contributed by atoms with E-state index in [4.69, 9.17) is 0 Å². The number of aryl methyl sites for hydroxylation is 1. The van der Waals surface area contributed by atoms with Gasteiger partial charge in [-0.15, -0.1) is 0 Å². The standard InChI is InChI=1S/C41H33N/c1-27-13-11-22-37-39(27)34-24-23-31(26-38(34)40(37,2)3)42-30-17-12-16-29(25-30)41(28-14-5-4-6-15-28)35-20-9-7-18-32(35)33-19-8-10-21-36(33)41/h4-26,42H,1-3H3. The smallest absolute Gasteiger partial charge is 0.0714 e. The maximum atomic E-state index is 3.79. The number of anilines is 2. The van der Waals surface area contributed by atoms with E-state index in [1.807, 2.05) is 0 Å². The van der Waals surface area contributed by atoms with Gasteiger partial charge in [-0.05, 0) is 92.4 Å².